The van der Waals surface area contributed by atoms with E-state index in [1.165, 1.54) is 5.56 Å². The van der Waals surface area contributed by atoms with E-state index >= 15 is 0 Å². The van der Waals surface area contributed by atoms with Gasteiger partial charge in [0.2, 0.25) is 6.79 Å². The Bertz CT molecular complexity index is 1120. The Balaban J connectivity index is 1.02. The molecule has 2 aliphatic heterocycles. The predicted molar refractivity (Wildman–Crippen MR) is 128 cm³/mol. The van der Waals surface area contributed by atoms with Crippen LogP contribution in [0.2, 0.25) is 0 Å². The molecule has 2 aliphatic carbocycles. The van der Waals surface area contributed by atoms with Crippen molar-refractivity contribution in [3.05, 3.63) is 35.9 Å². The molecule has 2 aromatic rings. The Morgan fingerprint density at radius 3 is 2.44 bits per heavy atom. The maximum Gasteiger partial charge on any atom is 0.231 e. The van der Waals surface area contributed by atoms with Crippen molar-refractivity contribution in [2.24, 2.45) is 11.8 Å². The van der Waals surface area contributed by atoms with Crippen LogP contribution < -0.4 is 14.8 Å². The fourth-order valence-electron chi connectivity index (χ4n) is 6.25. The SMILES string of the molecule is O=S(=O)(c1ccc(NC2C[C@@H]3CN(Cc4ccc5c(c4)OCO5)C[C@@H]3C2)nn1)C1CCCCC1. The lowest BCUT2D eigenvalue weighted by Crippen LogP contribution is -2.26. The van der Waals surface area contributed by atoms with Crippen LogP contribution in [0.1, 0.15) is 50.5 Å². The molecule has 9 heteroatoms. The van der Waals surface area contributed by atoms with Crippen molar-refractivity contribution in [2.45, 2.75) is 67.8 Å². The van der Waals surface area contributed by atoms with Crippen LogP contribution in [0.3, 0.4) is 0 Å². The van der Waals surface area contributed by atoms with Crippen molar-refractivity contribution in [3.63, 3.8) is 0 Å². The second-order valence-electron chi connectivity index (χ2n) is 10.3. The van der Waals surface area contributed by atoms with Crippen molar-refractivity contribution in [1.82, 2.24) is 15.1 Å². The molecule has 1 aromatic heterocycles. The first-order valence-electron chi connectivity index (χ1n) is 12.5. The highest BCUT2D eigenvalue weighted by atomic mass is 32.2. The van der Waals surface area contributed by atoms with E-state index < -0.39 is 9.84 Å². The van der Waals surface area contributed by atoms with Gasteiger partial charge in [-0.25, -0.2) is 8.42 Å². The molecule has 182 valence electrons. The summed E-state index contributed by atoms with van der Waals surface area (Å²) in [5.74, 6) is 3.69. The van der Waals surface area contributed by atoms with Crippen LogP contribution in [0.5, 0.6) is 11.5 Å². The molecule has 8 nitrogen and oxygen atoms in total. The number of rotatable bonds is 6. The molecule has 4 aliphatic rings. The molecule has 3 fully saturated rings. The van der Waals surface area contributed by atoms with Crippen LogP contribution in [-0.2, 0) is 16.4 Å². The molecule has 1 N–H and O–H groups in total. The number of benzene rings is 1. The third-order valence-electron chi connectivity index (χ3n) is 7.94. The lowest BCUT2D eigenvalue weighted by Gasteiger charge is -2.21. The first kappa shape index (κ1) is 22.1. The fraction of sp³-hybridized carbons (Fsp3) is 0.600. The second-order valence-corrected chi connectivity index (χ2v) is 12.5. The standard InChI is InChI=1S/C25H32N4O4S/c30-34(31,21-4-2-1-3-5-21)25-9-8-24(27-28-25)26-20-11-18-14-29(15-19(18)12-20)13-17-6-7-22-23(10-17)33-16-32-22/h6-10,18-21H,1-5,11-16H2,(H,26,27)/t18-,19+,20?. The van der Waals surface area contributed by atoms with E-state index in [0.717, 1.165) is 76.1 Å². The van der Waals surface area contributed by atoms with Gasteiger partial charge < -0.3 is 14.8 Å². The molecule has 2 saturated carbocycles. The first-order chi connectivity index (χ1) is 16.5. The van der Waals surface area contributed by atoms with Gasteiger partial charge in [0, 0.05) is 25.7 Å². The van der Waals surface area contributed by atoms with Gasteiger partial charge in [0.15, 0.2) is 26.4 Å². The Morgan fingerprint density at radius 1 is 0.941 bits per heavy atom. The zero-order chi connectivity index (χ0) is 23.1. The van der Waals surface area contributed by atoms with Crippen LogP contribution in [-0.4, -0.2) is 54.7 Å². The quantitative estimate of drug-likeness (QED) is 0.664. The lowest BCUT2D eigenvalue weighted by atomic mass is 10.0. The summed E-state index contributed by atoms with van der Waals surface area (Å²) in [6.45, 7) is 3.44. The van der Waals surface area contributed by atoms with E-state index in [2.05, 4.69) is 32.5 Å². The summed E-state index contributed by atoms with van der Waals surface area (Å²) < 4.78 is 36.6. The maximum absolute atomic E-state index is 12.9. The number of fused-ring (bicyclic) bond motifs is 2. The molecule has 0 bridgehead atoms. The number of likely N-dealkylation sites (tertiary alicyclic amines) is 1. The Morgan fingerprint density at radius 2 is 1.71 bits per heavy atom. The third kappa shape index (κ3) is 4.35. The smallest absolute Gasteiger partial charge is 0.231 e. The molecule has 6 rings (SSSR count). The molecule has 1 unspecified atom stereocenters. The van der Waals surface area contributed by atoms with Gasteiger partial charge in [-0.15, -0.1) is 10.2 Å². The highest BCUT2D eigenvalue weighted by Crippen LogP contribution is 2.40. The summed E-state index contributed by atoms with van der Waals surface area (Å²) in [5.41, 5.74) is 1.26. The normalized spacial score (nSPS) is 27.1. The second kappa shape index (κ2) is 9.00. The number of hydrogen-bond donors (Lipinski definition) is 1. The summed E-state index contributed by atoms with van der Waals surface area (Å²) in [4.78, 5) is 2.54. The minimum atomic E-state index is -3.38. The summed E-state index contributed by atoms with van der Waals surface area (Å²) in [6, 6.07) is 9.99. The topological polar surface area (TPSA) is 93.7 Å². The van der Waals surface area contributed by atoms with E-state index in [9.17, 15) is 8.42 Å². The molecular formula is C25H32N4O4S. The van der Waals surface area contributed by atoms with Gasteiger partial charge in [0.1, 0.15) is 5.82 Å². The van der Waals surface area contributed by atoms with Crippen LogP contribution in [0.4, 0.5) is 5.82 Å². The number of nitrogens with one attached hydrogen (secondary N) is 1. The van der Waals surface area contributed by atoms with Gasteiger partial charge in [-0.1, -0.05) is 25.3 Å². The van der Waals surface area contributed by atoms with Gasteiger partial charge in [-0.2, -0.15) is 0 Å². The fourth-order valence-corrected chi connectivity index (χ4v) is 7.95. The van der Waals surface area contributed by atoms with Crippen molar-refractivity contribution < 1.29 is 17.9 Å². The summed E-state index contributed by atoms with van der Waals surface area (Å²) in [7, 11) is -3.38. The van der Waals surface area contributed by atoms with Gasteiger partial charge in [0.25, 0.3) is 0 Å². The number of sulfone groups is 1. The maximum atomic E-state index is 12.9. The van der Waals surface area contributed by atoms with Crippen molar-refractivity contribution >= 4 is 15.7 Å². The summed E-state index contributed by atoms with van der Waals surface area (Å²) in [5, 5.41) is 11.6. The number of nitrogens with zero attached hydrogens (tertiary/aromatic N) is 3. The van der Waals surface area contributed by atoms with E-state index in [4.69, 9.17) is 9.47 Å². The lowest BCUT2D eigenvalue weighted by molar-refractivity contribution is 0.174. The number of aromatic nitrogens is 2. The summed E-state index contributed by atoms with van der Waals surface area (Å²) in [6.07, 6.45) is 6.77. The van der Waals surface area contributed by atoms with E-state index in [1.54, 1.807) is 12.1 Å². The van der Waals surface area contributed by atoms with Gasteiger partial charge in [-0.3, -0.25) is 4.90 Å². The molecule has 0 radical (unpaired) electrons. The van der Waals surface area contributed by atoms with Crippen LogP contribution in [0, 0.1) is 11.8 Å². The average Bonchev–Trinajstić information content (AvgIpc) is 3.55. The molecule has 0 amide bonds. The summed E-state index contributed by atoms with van der Waals surface area (Å²) >= 11 is 0. The highest BCUT2D eigenvalue weighted by Gasteiger charge is 2.41. The van der Waals surface area contributed by atoms with Crippen molar-refractivity contribution in [1.29, 1.82) is 0 Å². The molecule has 34 heavy (non-hydrogen) atoms. The number of anilines is 1. The van der Waals surface area contributed by atoms with Gasteiger partial charge in [-0.05, 0) is 67.3 Å². The Kier molecular flexibility index (Phi) is 5.85. The Hall–Kier alpha value is -2.39. The molecule has 3 heterocycles. The minimum Gasteiger partial charge on any atom is -0.454 e. The zero-order valence-electron chi connectivity index (χ0n) is 19.4. The van der Waals surface area contributed by atoms with E-state index in [0.29, 0.717) is 30.5 Å². The van der Waals surface area contributed by atoms with Crippen molar-refractivity contribution in [2.75, 3.05) is 25.2 Å². The molecule has 0 spiro atoms. The largest absolute Gasteiger partial charge is 0.454 e. The van der Waals surface area contributed by atoms with Crippen molar-refractivity contribution in [3.8, 4) is 11.5 Å². The number of ether oxygens (including phenoxy) is 2. The minimum absolute atomic E-state index is 0.118. The van der Waals surface area contributed by atoms with Gasteiger partial charge >= 0.3 is 0 Å². The van der Waals surface area contributed by atoms with E-state index in [1.807, 2.05) is 6.07 Å². The molecular weight excluding hydrogens is 452 g/mol. The average molecular weight is 485 g/mol. The predicted octanol–water partition coefficient (Wildman–Crippen LogP) is 3.63. The molecule has 1 aromatic carbocycles. The molecule has 1 saturated heterocycles. The monoisotopic (exact) mass is 484 g/mol. The molecule has 3 atom stereocenters. The van der Waals surface area contributed by atoms with Crippen LogP contribution in [0.25, 0.3) is 0 Å². The van der Waals surface area contributed by atoms with Crippen LogP contribution >= 0.6 is 0 Å². The zero-order valence-corrected chi connectivity index (χ0v) is 20.2. The van der Waals surface area contributed by atoms with Crippen LogP contribution in [0.15, 0.2) is 35.4 Å². The first-order valence-corrected chi connectivity index (χ1v) is 14.0. The van der Waals surface area contributed by atoms with E-state index in [-0.39, 0.29) is 10.3 Å². The third-order valence-corrected chi connectivity index (χ3v) is 10.1. The highest BCUT2D eigenvalue weighted by molar-refractivity contribution is 7.92. The van der Waals surface area contributed by atoms with Gasteiger partial charge in [0.05, 0.1) is 5.25 Å². The number of hydrogen-bond acceptors (Lipinski definition) is 8. The Labute approximate surface area is 201 Å².